The highest BCUT2D eigenvalue weighted by atomic mass is 35.5. The van der Waals surface area contributed by atoms with Gasteiger partial charge in [0.2, 0.25) is 0 Å². The maximum atomic E-state index is 13.3. The van der Waals surface area contributed by atoms with Gasteiger partial charge in [-0.3, -0.25) is 0 Å². The highest BCUT2D eigenvalue weighted by Crippen LogP contribution is 2.38. The van der Waals surface area contributed by atoms with Gasteiger partial charge in [-0.15, -0.1) is 11.6 Å². The Kier molecular flexibility index (Phi) is 5.38. The van der Waals surface area contributed by atoms with E-state index in [4.69, 9.17) is 16.3 Å². The number of hydrogen-bond donors (Lipinski definition) is 0. The second-order valence-electron chi connectivity index (χ2n) is 5.39. The zero-order valence-electron chi connectivity index (χ0n) is 11.9. The molecule has 0 amide bonds. The summed E-state index contributed by atoms with van der Waals surface area (Å²) in [7, 11) is 1.62. The number of halogens is 4. The van der Waals surface area contributed by atoms with Gasteiger partial charge in [0.15, 0.2) is 0 Å². The van der Waals surface area contributed by atoms with Crippen LogP contribution in [0.25, 0.3) is 0 Å². The Bertz CT molecular complexity index is 476. The summed E-state index contributed by atoms with van der Waals surface area (Å²) in [5.74, 6) is 0.355. The molecule has 0 aliphatic carbocycles. The van der Waals surface area contributed by atoms with E-state index in [0.29, 0.717) is 25.3 Å². The Morgan fingerprint density at radius 2 is 2.14 bits per heavy atom. The highest BCUT2D eigenvalue weighted by molar-refractivity contribution is 6.17. The molecule has 2 rings (SSSR count). The van der Waals surface area contributed by atoms with Gasteiger partial charge in [0.25, 0.3) is 0 Å². The van der Waals surface area contributed by atoms with Gasteiger partial charge in [-0.2, -0.15) is 13.2 Å². The second kappa shape index (κ2) is 6.88. The first-order valence-corrected chi connectivity index (χ1v) is 7.49. The van der Waals surface area contributed by atoms with Crippen molar-refractivity contribution in [2.24, 2.45) is 5.92 Å². The average Bonchev–Trinajstić information content (AvgIpc) is 2.46. The standard InChI is InChI=1S/C15H19ClF3NO/c1-21-10-12-3-2-6-20(9-12)14-5-4-11(8-16)7-13(14)15(17,18)19/h4-5,7,12H,2-3,6,8-10H2,1H3. The summed E-state index contributed by atoms with van der Waals surface area (Å²) in [5.41, 5.74) is 0.133. The predicted octanol–water partition coefficient (Wildman–Crippen LogP) is 4.31. The number of rotatable bonds is 4. The van der Waals surface area contributed by atoms with E-state index in [9.17, 15) is 13.2 Å². The zero-order valence-corrected chi connectivity index (χ0v) is 12.7. The van der Waals surface area contributed by atoms with Crippen molar-refractivity contribution >= 4 is 17.3 Å². The van der Waals surface area contributed by atoms with Gasteiger partial charge in [0, 0.05) is 31.8 Å². The third-order valence-corrected chi connectivity index (χ3v) is 4.09. The molecule has 0 radical (unpaired) electrons. The quantitative estimate of drug-likeness (QED) is 0.766. The number of alkyl halides is 4. The summed E-state index contributed by atoms with van der Waals surface area (Å²) in [5, 5.41) is 0. The van der Waals surface area contributed by atoms with Crippen molar-refractivity contribution < 1.29 is 17.9 Å². The SMILES string of the molecule is COCC1CCCN(c2ccc(CCl)cc2C(F)(F)F)C1. The maximum absolute atomic E-state index is 13.3. The Balaban J connectivity index is 2.29. The van der Waals surface area contributed by atoms with Gasteiger partial charge in [0.05, 0.1) is 12.2 Å². The first-order chi connectivity index (χ1) is 9.95. The van der Waals surface area contributed by atoms with Gasteiger partial charge >= 0.3 is 6.18 Å². The van der Waals surface area contributed by atoms with Crippen molar-refractivity contribution in [2.75, 3.05) is 31.7 Å². The molecule has 118 valence electrons. The molecule has 0 bridgehead atoms. The lowest BCUT2D eigenvalue weighted by Crippen LogP contribution is -2.38. The molecule has 21 heavy (non-hydrogen) atoms. The van der Waals surface area contributed by atoms with Gasteiger partial charge in [0.1, 0.15) is 0 Å². The lowest BCUT2D eigenvalue weighted by atomic mass is 9.97. The fourth-order valence-corrected chi connectivity index (χ4v) is 2.99. The van der Waals surface area contributed by atoms with Crippen molar-refractivity contribution in [2.45, 2.75) is 24.9 Å². The topological polar surface area (TPSA) is 12.5 Å². The summed E-state index contributed by atoms with van der Waals surface area (Å²) < 4.78 is 44.9. The molecule has 1 fully saturated rings. The summed E-state index contributed by atoms with van der Waals surface area (Å²) in [6.07, 6.45) is -2.50. The molecular formula is C15H19ClF3NO. The molecule has 0 N–H and O–H groups in total. The van der Waals surface area contributed by atoms with Crippen molar-refractivity contribution in [1.29, 1.82) is 0 Å². The number of benzene rings is 1. The van der Waals surface area contributed by atoms with Crippen molar-refractivity contribution in [3.05, 3.63) is 29.3 Å². The van der Waals surface area contributed by atoms with Gasteiger partial charge in [-0.1, -0.05) is 6.07 Å². The van der Waals surface area contributed by atoms with Crippen LogP contribution in [0.15, 0.2) is 18.2 Å². The molecule has 6 heteroatoms. The number of hydrogen-bond acceptors (Lipinski definition) is 2. The Morgan fingerprint density at radius 1 is 1.38 bits per heavy atom. The van der Waals surface area contributed by atoms with E-state index >= 15 is 0 Å². The molecule has 0 aromatic heterocycles. The maximum Gasteiger partial charge on any atom is 0.418 e. The van der Waals surface area contributed by atoms with Crippen LogP contribution in [-0.4, -0.2) is 26.8 Å². The van der Waals surface area contributed by atoms with Gasteiger partial charge < -0.3 is 9.64 Å². The third kappa shape index (κ3) is 4.04. The number of methoxy groups -OCH3 is 1. The smallest absolute Gasteiger partial charge is 0.384 e. The molecular weight excluding hydrogens is 303 g/mol. The van der Waals surface area contributed by atoms with Crippen LogP contribution in [-0.2, 0) is 16.8 Å². The molecule has 1 unspecified atom stereocenters. The van der Waals surface area contributed by atoms with Crippen LogP contribution >= 0.6 is 11.6 Å². The van der Waals surface area contributed by atoms with Gasteiger partial charge in [-0.05, 0) is 36.5 Å². The van der Waals surface area contributed by atoms with Crippen LogP contribution in [0.1, 0.15) is 24.0 Å². The molecule has 2 nitrogen and oxygen atoms in total. The summed E-state index contributed by atoms with van der Waals surface area (Å²) in [6.45, 7) is 1.82. The Hall–Kier alpha value is -0.940. The molecule has 1 aliphatic heterocycles. The van der Waals surface area contributed by atoms with Crippen molar-refractivity contribution in [1.82, 2.24) is 0 Å². The molecule has 1 aliphatic rings. The van der Waals surface area contributed by atoms with E-state index < -0.39 is 11.7 Å². The van der Waals surface area contributed by atoms with E-state index in [-0.39, 0.29) is 17.5 Å². The Labute approximate surface area is 127 Å². The van der Waals surface area contributed by atoms with E-state index in [2.05, 4.69) is 0 Å². The minimum absolute atomic E-state index is 0.0790. The lowest BCUT2D eigenvalue weighted by molar-refractivity contribution is -0.137. The molecule has 1 heterocycles. The Morgan fingerprint density at radius 3 is 2.76 bits per heavy atom. The van der Waals surface area contributed by atoms with Crippen molar-refractivity contribution in [3.63, 3.8) is 0 Å². The molecule has 0 saturated carbocycles. The van der Waals surface area contributed by atoms with Crippen LogP contribution < -0.4 is 4.90 Å². The average molecular weight is 322 g/mol. The summed E-state index contributed by atoms with van der Waals surface area (Å²) in [4.78, 5) is 1.81. The first kappa shape index (κ1) is 16.4. The monoisotopic (exact) mass is 321 g/mol. The van der Waals surface area contributed by atoms with Crippen LogP contribution in [0.5, 0.6) is 0 Å². The van der Waals surface area contributed by atoms with E-state index in [1.807, 2.05) is 4.90 Å². The van der Waals surface area contributed by atoms with Crippen LogP contribution in [0.4, 0.5) is 18.9 Å². The minimum Gasteiger partial charge on any atom is -0.384 e. The second-order valence-corrected chi connectivity index (χ2v) is 5.66. The largest absolute Gasteiger partial charge is 0.418 e. The molecule has 1 aromatic carbocycles. The number of anilines is 1. The highest BCUT2D eigenvalue weighted by Gasteiger charge is 2.36. The summed E-state index contributed by atoms with van der Waals surface area (Å²) >= 11 is 5.65. The number of piperidine rings is 1. The third-order valence-electron chi connectivity index (χ3n) is 3.78. The fourth-order valence-electron chi connectivity index (χ4n) is 2.82. The zero-order chi connectivity index (χ0) is 15.5. The van der Waals surface area contributed by atoms with Gasteiger partial charge in [-0.25, -0.2) is 0 Å². The van der Waals surface area contributed by atoms with E-state index in [1.165, 1.54) is 6.07 Å². The minimum atomic E-state index is -4.37. The summed E-state index contributed by atoms with van der Waals surface area (Å²) in [6, 6.07) is 4.36. The molecule has 1 atom stereocenters. The van der Waals surface area contributed by atoms with Crippen LogP contribution in [0, 0.1) is 5.92 Å². The van der Waals surface area contributed by atoms with E-state index in [0.717, 1.165) is 18.9 Å². The number of ether oxygens (including phenoxy) is 1. The first-order valence-electron chi connectivity index (χ1n) is 6.95. The van der Waals surface area contributed by atoms with E-state index in [1.54, 1.807) is 13.2 Å². The van der Waals surface area contributed by atoms with Crippen molar-refractivity contribution in [3.8, 4) is 0 Å². The lowest BCUT2D eigenvalue weighted by Gasteiger charge is -2.35. The van der Waals surface area contributed by atoms with Crippen LogP contribution in [0.3, 0.4) is 0 Å². The fraction of sp³-hybridized carbons (Fsp3) is 0.600. The predicted molar refractivity (Wildman–Crippen MR) is 77.8 cm³/mol. The van der Waals surface area contributed by atoms with Crippen LogP contribution in [0.2, 0.25) is 0 Å². The molecule has 1 saturated heterocycles. The molecule has 1 aromatic rings. The normalized spacial score (nSPS) is 19.9. The molecule has 0 spiro atoms. The number of nitrogens with zero attached hydrogens (tertiary/aromatic N) is 1.